The fraction of sp³-hybridized carbons (Fsp3) is 0.231. The van der Waals surface area contributed by atoms with Crippen molar-refractivity contribution in [2.75, 3.05) is 5.75 Å². The molecule has 1 aliphatic rings. The predicted octanol–water partition coefficient (Wildman–Crippen LogP) is 1.70. The van der Waals surface area contributed by atoms with Crippen molar-refractivity contribution in [3.8, 4) is 0 Å². The molecule has 1 aliphatic heterocycles. The molecule has 0 bridgehead atoms. The summed E-state index contributed by atoms with van der Waals surface area (Å²) in [5.74, 6) is -0.398. The molecule has 21 heavy (non-hydrogen) atoms. The third-order valence-electron chi connectivity index (χ3n) is 3.40. The number of hydrogen-bond acceptors (Lipinski definition) is 5. The van der Waals surface area contributed by atoms with Crippen LogP contribution >= 0.6 is 11.3 Å². The van der Waals surface area contributed by atoms with Gasteiger partial charge in [0, 0.05) is 6.54 Å². The third kappa shape index (κ3) is 2.76. The average Bonchev–Trinajstić information content (AvgIpc) is 3.04. The van der Waals surface area contributed by atoms with E-state index in [4.69, 9.17) is 0 Å². The Morgan fingerprint density at radius 1 is 1.24 bits per heavy atom. The van der Waals surface area contributed by atoms with Crippen LogP contribution in [0, 0.1) is 0 Å². The molecule has 2 aromatic rings. The second-order valence-electron chi connectivity index (χ2n) is 4.81. The monoisotopic (exact) mass is 343 g/mol. The normalized spacial score (nSPS) is 20.3. The van der Waals surface area contributed by atoms with Crippen LogP contribution in [0.3, 0.4) is 0 Å². The van der Waals surface area contributed by atoms with E-state index in [0.29, 0.717) is 5.56 Å². The van der Waals surface area contributed by atoms with E-state index in [9.17, 15) is 16.8 Å². The van der Waals surface area contributed by atoms with Gasteiger partial charge in [-0.15, -0.1) is 0 Å². The average molecular weight is 343 g/mol. The Hall–Kier alpha value is -1.22. The van der Waals surface area contributed by atoms with Crippen molar-refractivity contribution < 1.29 is 16.8 Å². The van der Waals surface area contributed by atoms with Crippen LogP contribution in [0.1, 0.15) is 16.4 Å². The Morgan fingerprint density at radius 3 is 2.71 bits per heavy atom. The van der Waals surface area contributed by atoms with Crippen LogP contribution in [-0.2, 0) is 26.4 Å². The van der Waals surface area contributed by atoms with Gasteiger partial charge in [0.1, 0.15) is 5.25 Å². The van der Waals surface area contributed by atoms with Crippen LogP contribution in [0.25, 0.3) is 0 Å². The van der Waals surface area contributed by atoms with Crippen LogP contribution < -0.4 is 4.72 Å². The first-order valence-electron chi connectivity index (χ1n) is 6.21. The molecule has 8 heteroatoms. The molecule has 0 amide bonds. The highest BCUT2D eigenvalue weighted by Crippen LogP contribution is 2.37. The minimum Gasteiger partial charge on any atom is -0.224 e. The number of benzene rings is 1. The standard InChI is InChI=1S/C13H13NO4S3/c15-20(16)9-13(11-3-1-2-4-12(11)20)21(17,18)14-7-10-5-6-19-8-10/h1-6,8,13-14H,7,9H2. The Bertz CT molecular complexity index is 855. The maximum absolute atomic E-state index is 12.4. The second kappa shape index (κ2) is 5.20. The Balaban J connectivity index is 1.90. The molecular formula is C13H13NO4S3. The van der Waals surface area contributed by atoms with Gasteiger partial charge < -0.3 is 0 Å². The molecule has 0 radical (unpaired) electrons. The number of sulfone groups is 1. The molecule has 0 spiro atoms. The van der Waals surface area contributed by atoms with Crippen molar-refractivity contribution >= 4 is 31.2 Å². The van der Waals surface area contributed by atoms with Crippen molar-refractivity contribution in [1.82, 2.24) is 4.72 Å². The number of hydrogen-bond donors (Lipinski definition) is 1. The van der Waals surface area contributed by atoms with Crippen LogP contribution in [0.5, 0.6) is 0 Å². The summed E-state index contributed by atoms with van der Waals surface area (Å²) in [6.07, 6.45) is 0. The SMILES string of the molecule is O=S1(=O)CC(S(=O)(=O)NCc2ccsc2)c2ccccc21. The fourth-order valence-electron chi connectivity index (χ4n) is 2.34. The van der Waals surface area contributed by atoms with Crippen LogP contribution in [-0.4, -0.2) is 22.6 Å². The molecule has 1 aromatic carbocycles. The van der Waals surface area contributed by atoms with E-state index in [1.807, 2.05) is 16.8 Å². The summed E-state index contributed by atoms with van der Waals surface area (Å²) in [6.45, 7) is 0.171. The minimum absolute atomic E-state index is 0.121. The summed E-state index contributed by atoms with van der Waals surface area (Å²) in [7, 11) is -7.27. The van der Waals surface area contributed by atoms with Gasteiger partial charge in [-0.25, -0.2) is 21.6 Å². The van der Waals surface area contributed by atoms with Gasteiger partial charge in [0.05, 0.1) is 10.6 Å². The molecule has 5 nitrogen and oxygen atoms in total. The molecule has 0 saturated heterocycles. The fourth-order valence-corrected chi connectivity index (χ4v) is 7.06. The summed E-state index contributed by atoms with van der Waals surface area (Å²) in [5.41, 5.74) is 1.22. The van der Waals surface area contributed by atoms with E-state index in [0.717, 1.165) is 5.56 Å². The molecule has 0 fully saturated rings. The van der Waals surface area contributed by atoms with Crippen LogP contribution in [0.4, 0.5) is 0 Å². The molecule has 112 valence electrons. The lowest BCUT2D eigenvalue weighted by atomic mass is 10.2. The first-order valence-corrected chi connectivity index (χ1v) is 10.4. The lowest BCUT2D eigenvalue weighted by Gasteiger charge is -2.12. The van der Waals surface area contributed by atoms with Gasteiger partial charge in [-0.05, 0) is 34.0 Å². The number of fused-ring (bicyclic) bond motifs is 1. The van der Waals surface area contributed by atoms with Crippen molar-refractivity contribution in [1.29, 1.82) is 0 Å². The highest BCUT2D eigenvalue weighted by Gasteiger charge is 2.41. The largest absolute Gasteiger partial charge is 0.224 e. The van der Waals surface area contributed by atoms with Crippen LogP contribution in [0.15, 0.2) is 46.0 Å². The van der Waals surface area contributed by atoms with E-state index < -0.39 is 30.9 Å². The maximum atomic E-state index is 12.4. The summed E-state index contributed by atoms with van der Waals surface area (Å²) in [5, 5.41) is 2.67. The number of rotatable bonds is 4. The Labute approximate surface area is 127 Å². The Morgan fingerprint density at radius 2 is 2.00 bits per heavy atom. The van der Waals surface area contributed by atoms with E-state index in [1.54, 1.807) is 18.2 Å². The highest BCUT2D eigenvalue weighted by molar-refractivity contribution is 7.95. The smallest absolute Gasteiger partial charge is 0.220 e. The molecule has 3 rings (SSSR count). The van der Waals surface area contributed by atoms with Gasteiger partial charge in [-0.1, -0.05) is 18.2 Å². The number of thiophene rings is 1. The topological polar surface area (TPSA) is 80.3 Å². The van der Waals surface area contributed by atoms with Crippen LogP contribution in [0.2, 0.25) is 0 Å². The first kappa shape index (κ1) is 14.7. The summed E-state index contributed by atoms with van der Waals surface area (Å²) in [6, 6.07) is 8.10. The lowest BCUT2D eigenvalue weighted by Crippen LogP contribution is -2.29. The molecule has 1 unspecified atom stereocenters. The van der Waals surface area contributed by atoms with E-state index in [2.05, 4.69) is 4.72 Å². The minimum atomic E-state index is -3.75. The molecule has 0 aliphatic carbocycles. The third-order valence-corrected chi connectivity index (χ3v) is 7.88. The first-order chi connectivity index (χ1) is 9.90. The zero-order chi connectivity index (χ0) is 15.1. The molecular weight excluding hydrogens is 330 g/mol. The molecule has 1 atom stereocenters. The summed E-state index contributed by atoms with van der Waals surface area (Å²) < 4.78 is 51.4. The van der Waals surface area contributed by atoms with Crippen molar-refractivity contribution in [2.45, 2.75) is 16.7 Å². The molecule has 0 saturated carbocycles. The van der Waals surface area contributed by atoms with E-state index >= 15 is 0 Å². The van der Waals surface area contributed by atoms with Crippen molar-refractivity contribution in [2.24, 2.45) is 0 Å². The number of sulfonamides is 1. The number of nitrogens with one attached hydrogen (secondary N) is 1. The molecule has 2 heterocycles. The quantitative estimate of drug-likeness (QED) is 0.916. The lowest BCUT2D eigenvalue weighted by molar-refractivity contribution is 0.569. The van der Waals surface area contributed by atoms with Gasteiger partial charge >= 0.3 is 0 Å². The van der Waals surface area contributed by atoms with Crippen molar-refractivity contribution in [3.05, 3.63) is 52.2 Å². The van der Waals surface area contributed by atoms with E-state index in [1.165, 1.54) is 17.4 Å². The van der Waals surface area contributed by atoms with Gasteiger partial charge in [0.25, 0.3) is 0 Å². The van der Waals surface area contributed by atoms with Gasteiger partial charge in [0.15, 0.2) is 9.84 Å². The van der Waals surface area contributed by atoms with Crippen molar-refractivity contribution in [3.63, 3.8) is 0 Å². The Kier molecular flexibility index (Phi) is 3.64. The maximum Gasteiger partial charge on any atom is 0.220 e. The van der Waals surface area contributed by atoms with Gasteiger partial charge in [-0.2, -0.15) is 11.3 Å². The molecule has 1 N–H and O–H groups in total. The van der Waals surface area contributed by atoms with Gasteiger partial charge in [0.2, 0.25) is 10.0 Å². The van der Waals surface area contributed by atoms with E-state index in [-0.39, 0.29) is 11.4 Å². The zero-order valence-corrected chi connectivity index (χ0v) is 13.3. The van der Waals surface area contributed by atoms with Gasteiger partial charge in [-0.3, -0.25) is 0 Å². The summed E-state index contributed by atoms with van der Waals surface area (Å²) in [4.78, 5) is 0.121. The second-order valence-corrected chi connectivity index (χ2v) is 9.54. The molecule has 1 aromatic heterocycles. The predicted molar refractivity (Wildman–Crippen MR) is 81.3 cm³/mol. The zero-order valence-electron chi connectivity index (χ0n) is 10.9. The summed E-state index contributed by atoms with van der Waals surface area (Å²) >= 11 is 1.48. The highest BCUT2D eigenvalue weighted by atomic mass is 32.2.